The molecular weight excluding hydrogens is 1080 g/mol. The molecule has 0 N–H and O–H groups in total. The van der Waals surface area contributed by atoms with Gasteiger partial charge >= 0.3 is 6.18 Å². The summed E-state index contributed by atoms with van der Waals surface area (Å²) in [6, 6.07) is 39.6. The van der Waals surface area contributed by atoms with Crippen LogP contribution in [-0.2, 0) is 51.8 Å². The van der Waals surface area contributed by atoms with Crippen LogP contribution >= 0.6 is 0 Å². The highest BCUT2D eigenvalue weighted by Crippen LogP contribution is 2.41. The summed E-state index contributed by atoms with van der Waals surface area (Å²) in [6.07, 6.45) is -1.83. The van der Waals surface area contributed by atoms with E-state index in [-0.39, 0.29) is 38.9 Å². The van der Waals surface area contributed by atoms with Crippen LogP contribution in [0.1, 0.15) is 293 Å². The lowest BCUT2D eigenvalue weighted by Gasteiger charge is -2.29. The van der Waals surface area contributed by atoms with E-state index < -0.39 is 11.6 Å². The third kappa shape index (κ3) is 27.7. The predicted octanol–water partition coefficient (Wildman–Crippen LogP) is 26.4. The van der Waals surface area contributed by atoms with Crippen LogP contribution < -0.4 is 0 Å². The van der Waals surface area contributed by atoms with Crippen LogP contribution in [0.15, 0.2) is 109 Å². The van der Waals surface area contributed by atoms with E-state index in [1.54, 1.807) is 6.07 Å². The Labute approximate surface area is 542 Å². The predicted molar refractivity (Wildman–Crippen MR) is 388 cm³/mol. The molecule has 88 heavy (non-hydrogen) atoms. The number of benzene rings is 6. The number of alkyl halides is 3. The first-order valence-electron chi connectivity index (χ1n) is 33.0. The molecule has 0 aromatic heterocycles. The lowest BCUT2D eigenvalue weighted by atomic mass is 9.79. The van der Waals surface area contributed by atoms with Gasteiger partial charge in [0.25, 0.3) is 0 Å². The van der Waals surface area contributed by atoms with Gasteiger partial charge in [0, 0.05) is 0 Å². The van der Waals surface area contributed by atoms with Crippen LogP contribution in [0.25, 0.3) is 0 Å². The minimum atomic E-state index is -4.18. The molecule has 0 unspecified atom stereocenters. The van der Waals surface area contributed by atoms with Gasteiger partial charge in [0.15, 0.2) is 0 Å². The van der Waals surface area contributed by atoms with E-state index in [0.29, 0.717) is 11.3 Å². The lowest BCUT2D eigenvalue weighted by molar-refractivity contribution is -0.211. The van der Waals surface area contributed by atoms with Gasteiger partial charge in [-0.2, -0.15) is 13.2 Å². The van der Waals surface area contributed by atoms with Crippen molar-refractivity contribution >= 4 is 0 Å². The zero-order valence-corrected chi connectivity index (χ0v) is 63.3. The summed E-state index contributed by atoms with van der Waals surface area (Å²) in [6.45, 7) is 76.1. The fourth-order valence-electron chi connectivity index (χ4n) is 11.1. The Hall–Kier alpha value is -4.89. The molecule has 0 bridgehead atoms. The first-order chi connectivity index (χ1) is 39.4. The summed E-state index contributed by atoms with van der Waals surface area (Å²) in [5.41, 5.74) is 24.4. The monoisotopic (exact) mass is 1210 g/mol. The van der Waals surface area contributed by atoms with E-state index >= 15 is 0 Å². The Morgan fingerprint density at radius 3 is 0.932 bits per heavy atom. The highest BCUT2D eigenvalue weighted by molar-refractivity contribution is 5.41. The quantitative estimate of drug-likeness (QED) is 0.156. The largest absolute Gasteiger partial charge is 0.394 e. The lowest BCUT2D eigenvalue weighted by Crippen LogP contribution is -2.34. The Bertz CT molecular complexity index is 3070. The first kappa shape index (κ1) is 81.1. The third-order valence-corrected chi connectivity index (χ3v) is 16.6. The van der Waals surface area contributed by atoms with Crippen LogP contribution in [-0.4, -0.2) is 6.18 Å². The molecule has 6 rings (SSSR count). The number of rotatable bonds is 6. The van der Waals surface area contributed by atoms with Gasteiger partial charge in [0.05, 0.1) is 5.41 Å². The van der Waals surface area contributed by atoms with Gasteiger partial charge in [-0.3, -0.25) is 0 Å². The second kappa shape index (κ2) is 31.9. The molecule has 0 saturated heterocycles. The molecule has 0 spiro atoms. The molecule has 0 aliphatic heterocycles. The highest BCUT2D eigenvalue weighted by atomic mass is 19.4. The highest BCUT2D eigenvalue weighted by Gasteiger charge is 2.47. The number of aryl methyl sites for hydroxylation is 7. The van der Waals surface area contributed by atoms with E-state index in [4.69, 9.17) is 0 Å². The Morgan fingerprint density at radius 1 is 0.318 bits per heavy atom. The maximum atomic E-state index is 12.9. The molecule has 0 aliphatic rings. The zero-order chi connectivity index (χ0) is 68.9. The van der Waals surface area contributed by atoms with Gasteiger partial charge in [0.1, 0.15) is 0 Å². The van der Waals surface area contributed by atoms with Crippen molar-refractivity contribution in [1.29, 1.82) is 0 Å². The van der Waals surface area contributed by atoms with Gasteiger partial charge in [-0.25, -0.2) is 0 Å². The van der Waals surface area contributed by atoms with E-state index in [1.165, 1.54) is 104 Å². The molecule has 0 amide bonds. The second-order valence-electron chi connectivity index (χ2n) is 34.6. The summed E-state index contributed by atoms with van der Waals surface area (Å²) >= 11 is 0. The summed E-state index contributed by atoms with van der Waals surface area (Å²) in [4.78, 5) is 0. The van der Waals surface area contributed by atoms with Crippen LogP contribution in [0, 0.1) is 72.1 Å². The van der Waals surface area contributed by atoms with Crippen LogP contribution in [0.4, 0.5) is 13.2 Å². The fraction of sp³-hybridized carbons (Fsp3) is 0.576. The van der Waals surface area contributed by atoms with Crippen LogP contribution in [0.5, 0.6) is 0 Å². The average molecular weight is 1210 g/mol. The molecule has 0 saturated carbocycles. The van der Waals surface area contributed by atoms with E-state index in [2.05, 4.69) is 313 Å². The molecule has 0 radical (unpaired) electrons. The van der Waals surface area contributed by atoms with Crippen molar-refractivity contribution in [3.05, 3.63) is 209 Å². The summed E-state index contributed by atoms with van der Waals surface area (Å²) in [7, 11) is 0. The molecule has 492 valence electrons. The number of hydrogen-bond acceptors (Lipinski definition) is 0. The molecular formula is C85H131F3. The first-order valence-corrected chi connectivity index (χ1v) is 33.0. The number of hydrogen-bond donors (Lipinski definition) is 0. The summed E-state index contributed by atoms with van der Waals surface area (Å²) in [5, 5.41) is 0. The molecule has 0 fully saturated rings. The molecule has 0 heterocycles. The standard InChI is InChI=1S/C16H23F3.C16H26.2C15H24.C14H22.C9H12/c1-11-7-8-12(9-13(11)14(2,3)4)10-15(5,6)16(17,18)19;1-12-8-9-13(11-15(2,3)4)10-14(12)16(5,6)7;1-11-8-9-12(14(2,3)4)10-13(11)15(5,6)7;1-11(2)9-13-8-7-12(3)14(10-13)15(4,5)6;1-10(2)12-8-7-11(3)13(9-12)14(4,5)6;1-7-5-4-6-8(2)9(7)3/h7-9H,10H2,1-6H3;8-10H,11H2,1-7H3;8-10H,1-7H3;7-8,10-11H,9H2,1-6H3;7-10H,1-6H3;4-6H,1-3H3. The Morgan fingerprint density at radius 2 is 0.625 bits per heavy atom. The normalized spacial score (nSPS) is 12.5. The molecule has 3 heteroatoms. The van der Waals surface area contributed by atoms with Crippen LogP contribution in [0.3, 0.4) is 0 Å². The zero-order valence-electron chi connectivity index (χ0n) is 63.3. The molecule has 6 aromatic carbocycles. The van der Waals surface area contributed by atoms with E-state index in [0.717, 1.165) is 29.0 Å². The van der Waals surface area contributed by atoms with E-state index in [1.807, 2.05) is 19.1 Å². The SMILES string of the molecule is Cc1ccc(C(C)(C)C)cc1C(C)(C)C.Cc1ccc(C(C)C)cc1C(C)(C)C.Cc1ccc(CC(C)(C)C(F)(F)F)cc1C(C)(C)C.Cc1ccc(CC(C)(C)C)cc1C(C)(C)C.Cc1ccc(CC(C)C)cc1C(C)(C)C.Cc1cccc(C)c1C. The Kier molecular flexibility index (Phi) is 29.4. The smallest absolute Gasteiger partial charge is 0.171 e. The van der Waals surface area contributed by atoms with Gasteiger partial charge in [0.2, 0.25) is 0 Å². The molecule has 0 atom stereocenters. The summed E-state index contributed by atoms with van der Waals surface area (Å²) < 4.78 is 38.8. The summed E-state index contributed by atoms with van der Waals surface area (Å²) in [5.74, 6) is 1.36. The van der Waals surface area contributed by atoms with Gasteiger partial charge in [-0.1, -0.05) is 296 Å². The maximum Gasteiger partial charge on any atom is 0.394 e. The molecule has 0 nitrogen and oxygen atoms in total. The van der Waals surface area contributed by atoms with Gasteiger partial charge < -0.3 is 0 Å². The van der Waals surface area contributed by atoms with Gasteiger partial charge in [-0.15, -0.1) is 0 Å². The van der Waals surface area contributed by atoms with Crippen molar-refractivity contribution in [3.63, 3.8) is 0 Å². The molecule has 0 aliphatic carbocycles. The van der Waals surface area contributed by atoms with Crippen molar-refractivity contribution in [2.24, 2.45) is 16.7 Å². The van der Waals surface area contributed by atoms with Crippen LogP contribution in [0.2, 0.25) is 0 Å². The number of halogens is 3. The Balaban J connectivity index is 0.000000533. The minimum Gasteiger partial charge on any atom is -0.171 e. The van der Waals surface area contributed by atoms with Gasteiger partial charge in [-0.05, 0) is 225 Å². The topological polar surface area (TPSA) is 0 Å². The third-order valence-electron chi connectivity index (χ3n) is 16.6. The van der Waals surface area contributed by atoms with Crippen molar-refractivity contribution in [2.45, 2.75) is 306 Å². The fourth-order valence-corrected chi connectivity index (χ4v) is 11.1. The average Bonchev–Trinajstić information content (AvgIpc) is 2.77. The van der Waals surface area contributed by atoms with Crippen molar-refractivity contribution in [3.8, 4) is 0 Å². The minimum absolute atomic E-state index is 0.0138. The molecule has 6 aromatic rings. The van der Waals surface area contributed by atoms with Crippen molar-refractivity contribution in [1.82, 2.24) is 0 Å². The maximum absolute atomic E-state index is 12.9. The van der Waals surface area contributed by atoms with Crippen molar-refractivity contribution in [2.75, 3.05) is 0 Å². The second-order valence-corrected chi connectivity index (χ2v) is 34.6. The van der Waals surface area contributed by atoms with E-state index in [9.17, 15) is 13.2 Å². The van der Waals surface area contributed by atoms with Crippen molar-refractivity contribution < 1.29 is 13.2 Å².